The van der Waals surface area contributed by atoms with E-state index in [-0.39, 0.29) is 16.7 Å². The Morgan fingerprint density at radius 2 is 1.86 bits per heavy atom. The summed E-state index contributed by atoms with van der Waals surface area (Å²) in [5.74, 6) is -0.507. The molecule has 0 saturated heterocycles. The van der Waals surface area contributed by atoms with Crippen molar-refractivity contribution in [2.45, 2.75) is 33.4 Å². The van der Waals surface area contributed by atoms with Crippen LogP contribution in [0.5, 0.6) is 0 Å². The van der Waals surface area contributed by atoms with E-state index in [0.29, 0.717) is 6.54 Å². The summed E-state index contributed by atoms with van der Waals surface area (Å²) < 4.78 is 38.8. The van der Waals surface area contributed by atoms with Gasteiger partial charge in [0.15, 0.2) is 0 Å². The van der Waals surface area contributed by atoms with E-state index >= 15 is 0 Å². The first-order valence-corrected chi connectivity index (χ1v) is 6.78. The van der Waals surface area contributed by atoms with E-state index in [1.807, 2.05) is 20.8 Å². The Kier molecular flexibility index (Phi) is 5.25. The number of hydrogen-bond donors (Lipinski definition) is 2. The summed E-state index contributed by atoms with van der Waals surface area (Å²) in [6, 6.07) is 3.58. The normalized spacial score (nSPS) is 12.1. The molecule has 0 unspecified atom stereocenters. The van der Waals surface area contributed by atoms with E-state index < -0.39 is 17.6 Å². The van der Waals surface area contributed by atoms with Crippen molar-refractivity contribution in [3.63, 3.8) is 0 Å². The van der Waals surface area contributed by atoms with Crippen molar-refractivity contribution in [3.05, 3.63) is 29.3 Å². The van der Waals surface area contributed by atoms with Crippen LogP contribution in [0.2, 0.25) is 0 Å². The van der Waals surface area contributed by atoms with Crippen molar-refractivity contribution < 1.29 is 18.0 Å². The Morgan fingerprint density at radius 1 is 1.24 bits per heavy atom. The third-order valence-corrected chi connectivity index (χ3v) is 3.55. The van der Waals surface area contributed by atoms with Gasteiger partial charge in [0.2, 0.25) is 0 Å². The molecule has 1 rings (SSSR count). The maximum atomic E-state index is 12.9. The number of hydrogen-bond acceptors (Lipinski definition) is 2. The van der Waals surface area contributed by atoms with Gasteiger partial charge >= 0.3 is 6.18 Å². The maximum Gasteiger partial charge on any atom is 0.418 e. The second-order valence-corrected chi connectivity index (χ2v) is 5.68. The van der Waals surface area contributed by atoms with Gasteiger partial charge < -0.3 is 10.6 Å². The summed E-state index contributed by atoms with van der Waals surface area (Å²) in [5.41, 5.74) is -1.14. The Hall–Kier alpha value is -1.72. The molecule has 0 spiro atoms. The minimum absolute atomic E-state index is 0.000715. The summed E-state index contributed by atoms with van der Waals surface area (Å²) >= 11 is 0. The average Bonchev–Trinajstić information content (AvgIpc) is 2.43. The number of alkyl halides is 3. The van der Waals surface area contributed by atoms with E-state index in [4.69, 9.17) is 0 Å². The molecule has 21 heavy (non-hydrogen) atoms. The van der Waals surface area contributed by atoms with Crippen molar-refractivity contribution in [3.8, 4) is 0 Å². The number of halogens is 3. The lowest BCUT2D eigenvalue weighted by molar-refractivity contribution is -0.136. The van der Waals surface area contributed by atoms with Crippen LogP contribution >= 0.6 is 0 Å². The quantitative estimate of drug-likeness (QED) is 0.865. The van der Waals surface area contributed by atoms with Gasteiger partial charge in [-0.05, 0) is 24.0 Å². The largest absolute Gasteiger partial charge is 0.418 e. The van der Waals surface area contributed by atoms with E-state index in [1.54, 1.807) is 0 Å². The third kappa shape index (κ3) is 4.37. The van der Waals surface area contributed by atoms with E-state index in [9.17, 15) is 18.0 Å². The molecule has 0 atom stereocenters. The molecule has 0 aliphatic heterocycles. The van der Waals surface area contributed by atoms with Crippen molar-refractivity contribution in [1.29, 1.82) is 0 Å². The number of carbonyl (C=O) groups excluding carboxylic acids is 1. The molecule has 2 N–H and O–H groups in total. The lowest BCUT2D eigenvalue weighted by atomic mass is 9.90. The van der Waals surface area contributed by atoms with Gasteiger partial charge in [-0.15, -0.1) is 0 Å². The topological polar surface area (TPSA) is 41.1 Å². The molecule has 0 heterocycles. The molecule has 0 aromatic heterocycles. The highest BCUT2D eigenvalue weighted by molar-refractivity contribution is 6.00. The molecular formula is C15H21F3N2O. The third-order valence-electron chi connectivity index (χ3n) is 3.55. The number of amides is 1. The number of carbonyl (C=O) groups is 1. The smallest absolute Gasteiger partial charge is 0.387 e. The first kappa shape index (κ1) is 17.3. The van der Waals surface area contributed by atoms with Crippen molar-refractivity contribution in [2.24, 2.45) is 5.41 Å². The predicted molar refractivity (Wildman–Crippen MR) is 77.4 cm³/mol. The van der Waals surface area contributed by atoms with Crippen LogP contribution in [0.1, 0.15) is 43.1 Å². The van der Waals surface area contributed by atoms with Crippen LogP contribution in [-0.2, 0) is 6.18 Å². The Morgan fingerprint density at radius 3 is 2.33 bits per heavy atom. The highest BCUT2D eigenvalue weighted by Gasteiger charge is 2.35. The first-order valence-electron chi connectivity index (χ1n) is 6.78. The Balaban J connectivity index is 3.05. The lowest BCUT2D eigenvalue weighted by Crippen LogP contribution is -2.34. The Bertz CT molecular complexity index is 510. The second kappa shape index (κ2) is 6.37. The second-order valence-electron chi connectivity index (χ2n) is 5.68. The van der Waals surface area contributed by atoms with Crippen LogP contribution in [0.25, 0.3) is 0 Å². The summed E-state index contributed by atoms with van der Waals surface area (Å²) in [6.07, 6.45) is -3.65. The molecule has 118 valence electrons. The van der Waals surface area contributed by atoms with Crippen LogP contribution in [-0.4, -0.2) is 19.5 Å². The molecule has 0 aliphatic rings. The fourth-order valence-corrected chi connectivity index (χ4v) is 1.79. The minimum Gasteiger partial charge on any atom is -0.387 e. The van der Waals surface area contributed by atoms with E-state index in [0.717, 1.165) is 12.5 Å². The Labute approximate surface area is 122 Å². The number of rotatable bonds is 5. The molecule has 1 aromatic carbocycles. The zero-order valence-electron chi connectivity index (χ0n) is 12.7. The summed E-state index contributed by atoms with van der Waals surface area (Å²) in [6.45, 7) is 6.37. The highest BCUT2D eigenvalue weighted by Crippen LogP contribution is 2.36. The number of benzene rings is 1. The van der Waals surface area contributed by atoms with Gasteiger partial charge in [-0.3, -0.25) is 4.79 Å². The zero-order valence-corrected chi connectivity index (χ0v) is 12.7. The fourth-order valence-electron chi connectivity index (χ4n) is 1.79. The van der Waals surface area contributed by atoms with Crippen molar-refractivity contribution in [1.82, 2.24) is 5.32 Å². The summed E-state index contributed by atoms with van der Waals surface area (Å²) in [4.78, 5) is 12.1. The van der Waals surface area contributed by atoms with Gasteiger partial charge in [0.25, 0.3) is 5.91 Å². The predicted octanol–water partition coefficient (Wildman–Crippen LogP) is 3.91. The van der Waals surface area contributed by atoms with Crippen molar-refractivity contribution >= 4 is 11.6 Å². The molecule has 0 aliphatic carbocycles. The average molecular weight is 302 g/mol. The highest BCUT2D eigenvalue weighted by atomic mass is 19.4. The van der Waals surface area contributed by atoms with Gasteiger partial charge in [0, 0.05) is 13.6 Å². The molecule has 0 fully saturated rings. The molecule has 0 bridgehead atoms. The van der Waals surface area contributed by atoms with Gasteiger partial charge in [0.1, 0.15) is 0 Å². The SMILES string of the molecule is CCC(C)(C)CNC(=O)c1cccc(C(F)(F)F)c1NC. The summed E-state index contributed by atoms with van der Waals surface area (Å²) in [5, 5.41) is 5.18. The number of nitrogens with one attached hydrogen (secondary N) is 2. The van der Waals surface area contributed by atoms with Gasteiger partial charge in [-0.2, -0.15) is 13.2 Å². The molecular weight excluding hydrogens is 281 g/mol. The van der Waals surface area contributed by atoms with Gasteiger partial charge in [0.05, 0.1) is 16.8 Å². The minimum atomic E-state index is -4.50. The lowest BCUT2D eigenvalue weighted by Gasteiger charge is -2.23. The number of anilines is 1. The molecule has 0 saturated carbocycles. The molecule has 1 amide bonds. The first-order chi connectivity index (χ1) is 9.62. The van der Waals surface area contributed by atoms with Crippen LogP contribution in [0, 0.1) is 5.41 Å². The number of para-hydroxylation sites is 1. The maximum absolute atomic E-state index is 12.9. The van der Waals surface area contributed by atoms with Crippen LogP contribution < -0.4 is 10.6 Å². The molecule has 3 nitrogen and oxygen atoms in total. The summed E-state index contributed by atoms with van der Waals surface area (Å²) in [7, 11) is 1.37. The van der Waals surface area contributed by atoms with Gasteiger partial charge in [-0.1, -0.05) is 26.8 Å². The molecule has 1 aromatic rings. The molecule has 0 radical (unpaired) electrons. The fraction of sp³-hybridized carbons (Fsp3) is 0.533. The molecule has 6 heteroatoms. The zero-order chi connectivity index (χ0) is 16.3. The van der Waals surface area contributed by atoms with Crippen molar-refractivity contribution in [2.75, 3.05) is 18.9 Å². The standard InChI is InChI=1S/C15H21F3N2O/c1-5-14(2,3)9-20-13(21)10-7-6-8-11(12(10)19-4)15(16,17)18/h6-8,19H,5,9H2,1-4H3,(H,20,21). The van der Waals surface area contributed by atoms with Crippen LogP contribution in [0.15, 0.2) is 18.2 Å². The monoisotopic (exact) mass is 302 g/mol. The van der Waals surface area contributed by atoms with E-state index in [1.165, 1.54) is 19.2 Å². The van der Waals surface area contributed by atoms with Crippen LogP contribution in [0.4, 0.5) is 18.9 Å². The van der Waals surface area contributed by atoms with E-state index in [2.05, 4.69) is 10.6 Å². The van der Waals surface area contributed by atoms with Crippen LogP contribution in [0.3, 0.4) is 0 Å². The van der Waals surface area contributed by atoms with Gasteiger partial charge in [-0.25, -0.2) is 0 Å².